The van der Waals surface area contributed by atoms with Crippen LogP contribution in [0.3, 0.4) is 0 Å². The maximum atomic E-state index is 13.3. The van der Waals surface area contributed by atoms with Crippen LogP contribution in [0.1, 0.15) is 30.9 Å². The van der Waals surface area contributed by atoms with E-state index < -0.39 is 17.8 Å². The van der Waals surface area contributed by atoms with Crippen LogP contribution in [-0.4, -0.2) is 37.1 Å². The van der Waals surface area contributed by atoms with Gasteiger partial charge in [0.05, 0.1) is 43.5 Å². The highest BCUT2D eigenvalue weighted by Gasteiger charge is 2.43. The predicted molar refractivity (Wildman–Crippen MR) is 136 cm³/mol. The molecule has 1 unspecified atom stereocenters. The first-order valence-electron chi connectivity index (χ1n) is 11.3. The van der Waals surface area contributed by atoms with Crippen LogP contribution in [0.5, 0.6) is 11.5 Å². The number of allylic oxidation sites excluding steroid dienone is 1. The van der Waals surface area contributed by atoms with E-state index in [1.54, 1.807) is 24.3 Å². The zero-order valence-corrected chi connectivity index (χ0v) is 20.9. The fraction of sp³-hybridized carbons (Fsp3) is 0.222. The summed E-state index contributed by atoms with van der Waals surface area (Å²) in [4.78, 5) is 28.2. The van der Waals surface area contributed by atoms with E-state index in [4.69, 9.17) is 19.9 Å². The summed E-state index contributed by atoms with van der Waals surface area (Å²) < 4.78 is 16.2. The molecule has 0 bridgehead atoms. The van der Waals surface area contributed by atoms with E-state index in [0.717, 1.165) is 5.56 Å². The molecule has 0 saturated heterocycles. The Kier molecular flexibility index (Phi) is 7.36. The highest BCUT2D eigenvalue weighted by molar-refractivity contribution is 8.11. The molecule has 0 spiro atoms. The van der Waals surface area contributed by atoms with Gasteiger partial charge in [0.2, 0.25) is 0 Å². The number of amides is 1. The minimum Gasteiger partial charge on any atom is -0.494 e. The van der Waals surface area contributed by atoms with Crippen LogP contribution in [0, 0.1) is 11.3 Å². The molecule has 36 heavy (non-hydrogen) atoms. The Morgan fingerprint density at radius 3 is 2.17 bits per heavy atom. The number of carbonyl (C=O) groups is 2. The van der Waals surface area contributed by atoms with Crippen molar-refractivity contribution in [2.24, 2.45) is 5.73 Å². The summed E-state index contributed by atoms with van der Waals surface area (Å²) in [6.45, 7) is 4.83. The third-order valence-electron chi connectivity index (χ3n) is 5.71. The van der Waals surface area contributed by atoms with Gasteiger partial charge in [-0.25, -0.2) is 4.79 Å². The van der Waals surface area contributed by atoms with Crippen molar-refractivity contribution in [1.29, 1.82) is 5.26 Å². The van der Waals surface area contributed by atoms with Gasteiger partial charge in [0.1, 0.15) is 22.3 Å². The molecule has 0 saturated carbocycles. The molecule has 8 nitrogen and oxygen atoms in total. The molecule has 0 fully saturated rings. The Morgan fingerprint density at radius 2 is 1.64 bits per heavy atom. The number of fused-ring (bicyclic) bond motifs is 1. The Hall–Kier alpha value is -4.16. The lowest BCUT2D eigenvalue weighted by molar-refractivity contribution is -0.136. The highest BCUT2D eigenvalue weighted by Crippen LogP contribution is 2.50. The van der Waals surface area contributed by atoms with Crippen molar-refractivity contribution in [3.8, 4) is 17.6 Å². The van der Waals surface area contributed by atoms with Crippen LogP contribution in [0.2, 0.25) is 0 Å². The van der Waals surface area contributed by atoms with Crippen molar-refractivity contribution in [2.75, 3.05) is 20.3 Å². The van der Waals surface area contributed by atoms with E-state index in [9.17, 15) is 14.9 Å². The Morgan fingerprint density at radius 1 is 1.06 bits per heavy atom. The lowest BCUT2D eigenvalue weighted by atomic mass is 9.83. The van der Waals surface area contributed by atoms with E-state index in [-0.39, 0.29) is 17.0 Å². The van der Waals surface area contributed by atoms with Crippen molar-refractivity contribution in [3.05, 3.63) is 87.7 Å². The third-order valence-corrected chi connectivity index (χ3v) is 6.88. The monoisotopic (exact) mass is 503 g/mol. The summed E-state index contributed by atoms with van der Waals surface area (Å²) in [6.07, 6.45) is 1.44. The van der Waals surface area contributed by atoms with E-state index in [1.807, 2.05) is 38.1 Å². The molecule has 1 atom stereocenters. The van der Waals surface area contributed by atoms with Gasteiger partial charge < -0.3 is 19.9 Å². The second kappa shape index (κ2) is 10.6. The van der Waals surface area contributed by atoms with Crippen molar-refractivity contribution >= 4 is 28.5 Å². The van der Waals surface area contributed by atoms with Gasteiger partial charge in [0, 0.05) is 11.0 Å². The molecule has 0 aromatic heterocycles. The summed E-state index contributed by atoms with van der Waals surface area (Å²) in [5.74, 6) is -0.566. The zero-order valence-electron chi connectivity index (χ0n) is 20.1. The average Bonchev–Trinajstić information content (AvgIpc) is 2.89. The fourth-order valence-electron chi connectivity index (χ4n) is 4.11. The summed E-state index contributed by atoms with van der Waals surface area (Å²) in [7, 11) is 1.27. The number of hydrogen-bond acceptors (Lipinski definition) is 8. The number of esters is 1. The molecule has 9 heteroatoms. The molecule has 2 aliphatic rings. The minimum absolute atomic E-state index is 0.0152. The minimum atomic E-state index is -0.815. The first-order valence-corrected chi connectivity index (χ1v) is 12.2. The Bertz CT molecular complexity index is 1320. The van der Waals surface area contributed by atoms with Crippen LogP contribution in [0.4, 0.5) is 0 Å². The van der Waals surface area contributed by atoms with E-state index in [2.05, 4.69) is 6.07 Å². The number of thioether (sulfide) groups is 1. The van der Waals surface area contributed by atoms with Crippen LogP contribution < -0.4 is 15.2 Å². The summed E-state index contributed by atoms with van der Waals surface area (Å²) >= 11 is 1.23. The second-order valence-electron chi connectivity index (χ2n) is 7.80. The van der Waals surface area contributed by atoms with E-state index in [0.29, 0.717) is 40.2 Å². The topological polar surface area (TPSA) is 115 Å². The number of ether oxygens (including phenoxy) is 3. The van der Waals surface area contributed by atoms with Gasteiger partial charge in [-0.1, -0.05) is 36.0 Å². The third kappa shape index (κ3) is 4.55. The molecule has 2 aliphatic heterocycles. The largest absolute Gasteiger partial charge is 0.494 e. The van der Waals surface area contributed by atoms with Gasteiger partial charge in [0.15, 0.2) is 0 Å². The predicted octanol–water partition coefficient (Wildman–Crippen LogP) is 4.28. The number of carbonyl (C=O) groups excluding carboxylic acids is 2. The smallest absolute Gasteiger partial charge is 0.337 e. The molecule has 1 amide bonds. The van der Waals surface area contributed by atoms with E-state index >= 15 is 0 Å². The molecule has 2 aromatic rings. The van der Waals surface area contributed by atoms with Gasteiger partial charge >= 0.3 is 5.97 Å². The first-order chi connectivity index (χ1) is 17.4. The molecule has 2 heterocycles. The normalized spacial score (nSPS) is 17.3. The summed E-state index contributed by atoms with van der Waals surface area (Å²) in [6, 6.07) is 16.5. The van der Waals surface area contributed by atoms with Crippen molar-refractivity contribution in [1.82, 2.24) is 4.90 Å². The van der Waals surface area contributed by atoms with Crippen LogP contribution in [-0.2, 0) is 14.3 Å². The maximum Gasteiger partial charge on any atom is 0.337 e. The number of benzene rings is 2. The molecular formula is C27H25N3O5S. The van der Waals surface area contributed by atoms with Gasteiger partial charge in [0.25, 0.3) is 5.91 Å². The van der Waals surface area contributed by atoms with Crippen LogP contribution in [0.15, 0.2) is 76.6 Å². The van der Waals surface area contributed by atoms with Gasteiger partial charge in [-0.15, -0.1) is 0 Å². The van der Waals surface area contributed by atoms with Crippen molar-refractivity contribution in [2.45, 2.75) is 19.8 Å². The van der Waals surface area contributed by atoms with Gasteiger partial charge in [-0.2, -0.15) is 5.26 Å². The number of nitrogens with two attached hydrogens (primary N) is 1. The fourth-order valence-corrected chi connectivity index (χ4v) is 5.33. The van der Waals surface area contributed by atoms with Gasteiger partial charge in [-0.3, -0.25) is 9.69 Å². The number of methoxy groups -OCH3 is 1. The number of rotatable bonds is 7. The Balaban J connectivity index is 1.85. The number of nitrogens with zero attached hydrogens (tertiary/aromatic N) is 2. The lowest BCUT2D eigenvalue weighted by Gasteiger charge is -2.37. The molecule has 2 aromatic carbocycles. The average molecular weight is 504 g/mol. The van der Waals surface area contributed by atoms with Crippen molar-refractivity contribution in [3.63, 3.8) is 0 Å². The van der Waals surface area contributed by atoms with Crippen LogP contribution in [0.25, 0.3) is 4.91 Å². The quantitative estimate of drug-likeness (QED) is 0.557. The van der Waals surface area contributed by atoms with Crippen molar-refractivity contribution < 1.29 is 23.8 Å². The van der Waals surface area contributed by atoms with Crippen LogP contribution >= 0.6 is 11.8 Å². The molecule has 0 radical (unpaired) electrons. The standard InChI is InChI=1S/C27H25N3O5S/c1-4-34-18-10-6-16(7-11-18)21-14-22(31)30-25(29)20(15-28)23(24(26(30)36-21)27(32)33-3)17-8-12-19(13-9-17)35-5-2/h6-14,23H,4-5,29H2,1-3H3. The SMILES string of the molecule is CCOc1ccc(C2=CC(=O)N3C(N)=C(C#N)C(c4ccc(OCC)cc4)C(C(=O)OC)=C3S2)cc1. The molecule has 184 valence electrons. The summed E-state index contributed by atoms with van der Waals surface area (Å²) in [5.41, 5.74) is 8.06. The first kappa shape index (κ1) is 24.9. The number of nitriles is 1. The molecule has 0 aliphatic carbocycles. The number of hydrogen-bond donors (Lipinski definition) is 1. The summed E-state index contributed by atoms with van der Waals surface area (Å²) in [5, 5.41) is 10.3. The van der Waals surface area contributed by atoms with E-state index in [1.165, 1.54) is 29.8 Å². The highest BCUT2D eigenvalue weighted by atomic mass is 32.2. The Labute approximate surface area is 213 Å². The maximum absolute atomic E-state index is 13.3. The van der Waals surface area contributed by atoms with Gasteiger partial charge in [-0.05, 0) is 49.2 Å². The molecule has 4 rings (SSSR count). The second-order valence-corrected chi connectivity index (χ2v) is 8.83. The molecule has 2 N–H and O–H groups in total. The zero-order chi connectivity index (χ0) is 25.8. The molecular weight excluding hydrogens is 478 g/mol. The lowest BCUT2D eigenvalue weighted by Crippen LogP contribution is -2.40.